The molecule has 0 aliphatic heterocycles. The summed E-state index contributed by atoms with van der Waals surface area (Å²) in [6, 6.07) is 14.4. The molecule has 1 saturated carbocycles. The number of carbonyl (C=O) groups excluding carboxylic acids is 1. The van der Waals surface area contributed by atoms with Crippen LogP contribution in [0.1, 0.15) is 36.4 Å². The molecule has 2 aliphatic carbocycles. The van der Waals surface area contributed by atoms with E-state index in [-0.39, 0.29) is 17.0 Å². The van der Waals surface area contributed by atoms with Crippen LogP contribution in [-0.2, 0) is 16.4 Å². The van der Waals surface area contributed by atoms with E-state index < -0.39 is 10.0 Å². The fourth-order valence-corrected chi connectivity index (χ4v) is 4.76. The van der Waals surface area contributed by atoms with Crippen LogP contribution in [0.4, 0.5) is 10.5 Å². The lowest BCUT2D eigenvalue weighted by Gasteiger charge is -2.25. The summed E-state index contributed by atoms with van der Waals surface area (Å²) in [7, 11) is -1.70. The fraction of sp³-hybridized carbons (Fsp3) is 0.381. The van der Waals surface area contributed by atoms with Gasteiger partial charge in [0.1, 0.15) is 0 Å². The molecule has 6 nitrogen and oxygen atoms in total. The van der Waals surface area contributed by atoms with Gasteiger partial charge in [-0.3, -0.25) is 0 Å². The normalized spacial score (nSPS) is 18.5. The van der Waals surface area contributed by atoms with Crippen LogP contribution in [0.2, 0.25) is 0 Å². The molecule has 0 radical (unpaired) electrons. The highest BCUT2D eigenvalue weighted by Crippen LogP contribution is 2.35. The van der Waals surface area contributed by atoms with Crippen molar-refractivity contribution in [1.29, 1.82) is 0 Å². The zero-order valence-corrected chi connectivity index (χ0v) is 16.7. The van der Waals surface area contributed by atoms with Crippen molar-refractivity contribution < 1.29 is 13.2 Å². The molecular formula is C21H25N3O3S. The zero-order chi connectivity index (χ0) is 19.7. The van der Waals surface area contributed by atoms with Crippen molar-refractivity contribution in [2.75, 3.05) is 18.9 Å². The molecule has 7 heteroatoms. The minimum Gasteiger partial charge on any atom is -0.321 e. The minimum absolute atomic E-state index is 0.0578. The predicted molar refractivity (Wildman–Crippen MR) is 109 cm³/mol. The van der Waals surface area contributed by atoms with Crippen molar-refractivity contribution >= 4 is 21.7 Å². The highest BCUT2D eigenvalue weighted by Gasteiger charge is 2.28. The van der Waals surface area contributed by atoms with Crippen molar-refractivity contribution in [1.82, 2.24) is 9.62 Å². The summed E-state index contributed by atoms with van der Waals surface area (Å²) < 4.78 is 27.2. The first-order valence-electron chi connectivity index (χ1n) is 9.65. The molecule has 2 N–H and O–H groups in total. The summed E-state index contributed by atoms with van der Waals surface area (Å²) in [5.41, 5.74) is 3.06. The minimum atomic E-state index is -3.50. The van der Waals surface area contributed by atoms with E-state index in [1.165, 1.54) is 23.3 Å². The number of benzene rings is 2. The summed E-state index contributed by atoms with van der Waals surface area (Å²) >= 11 is 0. The van der Waals surface area contributed by atoms with Crippen molar-refractivity contribution in [3.63, 3.8) is 0 Å². The average molecular weight is 400 g/mol. The Kier molecular flexibility index (Phi) is 5.12. The van der Waals surface area contributed by atoms with Crippen LogP contribution in [0.15, 0.2) is 53.4 Å². The molecule has 0 bridgehead atoms. The van der Waals surface area contributed by atoms with E-state index in [0.29, 0.717) is 18.2 Å². The molecule has 1 fully saturated rings. The van der Waals surface area contributed by atoms with Crippen LogP contribution in [0.3, 0.4) is 0 Å². The number of hydrogen-bond acceptors (Lipinski definition) is 3. The Morgan fingerprint density at radius 2 is 1.79 bits per heavy atom. The van der Waals surface area contributed by atoms with Gasteiger partial charge in [0.05, 0.1) is 10.9 Å². The molecule has 1 atom stereocenters. The van der Waals surface area contributed by atoms with Gasteiger partial charge >= 0.3 is 6.03 Å². The van der Waals surface area contributed by atoms with Gasteiger partial charge in [-0.1, -0.05) is 24.3 Å². The average Bonchev–Trinajstić information content (AvgIpc) is 3.43. The molecule has 0 spiro atoms. The van der Waals surface area contributed by atoms with Crippen LogP contribution >= 0.6 is 0 Å². The molecule has 0 saturated heterocycles. The van der Waals surface area contributed by atoms with Gasteiger partial charge < -0.3 is 10.2 Å². The maximum atomic E-state index is 12.7. The lowest BCUT2D eigenvalue weighted by molar-refractivity contribution is 0.204. The Morgan fingerprint density at radius 1 is 1.07 bits per heavy atom. The SMILES string of the molecule is CN(C(=O)Nc1ccc(S(=O)(=O)NCC2CC2)cc1)[C@H]1CCc2ccccc21. The van der Waals surface area contributed by atoms with Crippen LogP contribution in [0.25, 0.3) is 0 Å². The Bertz CT molecular complexity index is 969. The van der Waals surface area contributed by atoms with Crippen LogP contribution in [0, 0.1) is 5.92 Å². The fourth-order valence-electron chi connectivity index (χ4n) is 3.64. The number of carbonyl (C=O) groups is 1. The third-order valence-corrected chi connectivity index (χ3v) is 7.00. The number of aryl methyl sites for hydroxylation is 1. The van der Waals surface area contributed by atoms with Gasteiger partial charge in [-0.15, -0.1) is 0 Å². The molecule has 28 heavy (non-hydrogen) atoms. The van der Waals surface area contributed by atoms with E-state index in [1.54, 1.807) is 24.1 Å². The van der Waals surface area contributed by atoms with Gasteiger partial charge in [0, 0.05) is 19.3 Å². The molecule has 0 aromatic heterocycles. The lowest BCUT2D eigenvalue weighted by Crippen LogP contribution is -2.34. The second-order valence-electron chi connectivity index (χ2n) is 7.61. The Balaban J connectivity index is 1.39. The molecule has 2 amide bonds. The Labute approximate surface area is 166 Å². The summed E-state index contributed by atoms with van der Waals surface area (Å²) in [6.07, 6.45) is 4.06. The first kappa shape index (κ1) is 19.0. The smallest absolute Gasteiger partial charge is 0.321 e. The van der Waals surface area contributed by atoms with Crippen LogP contribution < -0.4 is 10.0 Å². The number of urea groups is 1. The van der Waals surface area contributed by atoms with E-state index in [1.807, 2.05) is 12.1 Å². The van der Waals surface area contributed by atoms with E-state index in [0.717, 1.165) is 25.7 Å². The molecule has 2 aliphatic rings. The van der Waals surface area contributed by atoms with Gasteiger partial charge in [-0.25, -0.2) is 17.9 Å². The maximum Gasteiger partial charge on any atom is 0.322 e. The van der Waals surface area contributed by atoms with E-state index in [4.69, 9.17) is 0 Å². The van der Waals surface area contributed by atoms with Crippen molar-refractivity contribution in [3.05, 3.63) is 59.7 Å². The summed E-state index contributed by atoms with van der Waals surface area (Å²) in [6.45, 7) is 0.495. The highest BCUT2D eigenvalue weighted by molar-refractivity contribution is 7.89. The molecule has 2 aromatic rings. The van der Waals surface area contributed by atoms with Crippen molar-refractivity contribution in [3.8, 4) is 0 Å². The molecule has 148 valence electrons. The predicted octanol–water partition coefficient (Wildman–Crippen LogP) is 3.53. The summed E-state index contributed by atoms with van der Waals surface area (Å²) in [5, 5.41) is 2.86. The Hall–Kier alpha value is -2.38. The first-order valence-corrected chi connectivity index (χ1v) is 11.1. The van der Waals surface area contributed by atoms with Crippen LogP contribution in [0.5, 0.6) is 0 Å². The summed E-state index contributed by atoms with van der Waals surface area (Å²) in [5.74, 6) is 0.476. The molecule has 0 unspecified atom stereocenters. The monoisotopic (exact) mass is 399 g/mol. The third-order valence-electron chi connectivity index (χ3n) is 5.56. The number of sulfonamides is 1. The van der Waals surface area contributed by atoms with Gasteiger partial charge in [0.25, 0.3) is 0 Å². The number of fused-ring (bicyclic) bond motifs is 1. The van der Waals surface area contributed by atoms with E-state index in [2.05, 4.69) is 22.2 Å². The highest BCUT2D eigenvalue weighted by atomic mass is 32.2. The largest absolute Gasteiger partial charge is 0.322 e. The third kappa shape index (κ3) is 4.05. The number of anilines is 1. The van der Waals surface area contributed by atoms with Gasteiger partial charge in [-0.05, 0) is 67.0 Å². The number of nitrogens with one attached hydrogen (secondary N) is 2. The number of amides is 2. The topological polar surface area (TPSA) is 78.5 Å². The van der Waals surface area contributed by atoms with Gasteiger partial charge in [0.2, 0.25) is 10.0 Å². The second kappa shape index (κ2) is 7.56. The Morgan fingerprint density at radius 3 is 2.50 bits per heavy atom. The molecule has 4 rings (SSSR count). The van der Waals surface area contributed by atoms with Gasteiger partial charge in [0.15, 0.2) is 0 Å². The molecular weight excluding hydrogens is 374 g/mol. The standard InChI is InChI=1S/C21H25N3O3S/c1-24(20-13-8-16-4-2-3-5-19(16)20)21(25)23-17-9-11-18(12-10-17)28(26,27)22-14-15-6-7-15/h2-5,9-12,15,20,22H,6-8,13-14H2,1H3,(H,23,25)/t20-/m0/s1. The maximum absolute atomic E-state index is 12.7. The zero-order valence-electron chi connectivity index (χ0n) is 15.9. The lowest BCUT2D eigenvalue weighted by atomic mass is 10.1. The molecule has 0 heterocycles. The van der Waals surface area contributed by atoms with E-state index >= 15 is 0 Å². The quantitative estimate of drug-likeness (QED) is 0.780. The van der Waals surface area contributed by atoms with Crippen LogP contribution in [-0.4, -0.2) is 32.9 Å². The summed E-state index contributed by atoms with van der Waals surface area (Å²) in [4.78, 5) is 14.6. The van der Waals surface area contributed by atoms with Crippen molar-refractivity contribution in [2.45, 2.75) is 36.6 Å². The van der Waals surface area contributed by atoms with E-state index in [9.17, 15) is 13.2 Å². The second-order valence-corrected chi connectivity index (χ2v) is 9.38. The molecule has 2 aromatic carbocycles. The van der Waals surface area contributed by atoms with Gasteiger partial charge in [-0.2, -0.15) is 0 Å². The first-order chi connectivity index (χ1) is 13.4. The number of rotatable bonds is 6. The van der Waals surface area contributed by atoms with Crippen molar-refractivity contribution in [2.24, 2.45) is 5.92 Å². The number of nitrogens with zero attached hydrogens (tertiary/aromatic N) is 1. The number of hydrogen-bond donors (Lipinski definition) is 2.